The highest BCUT2D eigenvalue weighted by Gasteiger charge is 2.18. The fourth-order valence-corrected chi connectivity index (χ4v) is 3.10. The Morgan fingerprint density at radius 3 is 2.63 bits per heavy atom. The third kappa shape index (κ3) is 5.76. The van der Waals surface area contributed by atoms with Crippen molar-refractivity contribution in [2.75, 3.05) is 0 Å². The van der Waals surface area contributed by atoms with Crippen LogP contribution >= 0.6 is 0 Å². The van der Waals surface area contributed by atoms with Crippen LogP contribution in [0, 0.1) is 5.92 Å². The highest BCUT2D eigenvalue weighted by atomic mass is 16.5. The lowest BCUT2D eigenvalue weighted by Gasteiger charge is -2.16. The van der Waals surface area contributed by atoms with Crippen LogP contribution in [0.4, 0.5) is 0 Å². The van der Waals surface area contributed by atoms with Crippen LogP contribution in [0.2, 0.25) is 0 Å². The number of carbonyl (C=O) groups excluding carboxylic acids is 2. The number of benzene rings is 1. The summed E-state index contributed by atoms with van der Waals surface area (Å²) in [7, 11) is 0. The van der Waals surface area contributed by atoms with Crippen molar-refractivity contribution < 1.29 is 14.3 Å². The van der Waals surface area contributed by atoms with E-state index in [0.717, 1.165) is 17.7 Å². The fraction of sp³-hybridized carbons (Fsp3) is 0.304. The summed E-state index contributed by atoms with van der Waals surface area (Å²) in [5, 5.41) is 6.81. The van der Waals surface area contributed by atoms with E-state index >= 15 is 0 Å². The highest BCUT2D eigenvalue weighted by Crippen LogP contribution is 2.15. The Hall–Kier alpha value is -3.48. The van der Waals surface area contributed by atoms with Gasteiger partial charge in [0.25, 0.3) is 11.7 Å². The molecule has 0 aliphatic heterocycles. The monoisotopic (exact) mass is 406 g/mol. The maximum atomic E-state index is 12.4. The first-order chi connectivity index (χ1) is 14.4. The number of para-hydroxylation sites is 1. The minimum atomic E-state index is -0.685. The van der Waals surface area contributed by atoms with Gasteiger partial charge in [-0.25, -0.2) is 9.67 Å². The van der Waals surface area contributed by atoms with Crippen LogP contribution in [0.15, 0.2) is 61.1 Å². The molecule has 1 unspecified atom stereocenters. The minimum Gasteiger partial charge on any atom is -0.475 e. The number of Topliss-reactive ketones (excluding diaryl/α,β-unsaturated/α-hetero) is 1. The van der Waals surface area contributed by atoms with Crippen LogP contribution < -0.4 is 10.1 Å². The summed E-state index contributed by atoms with van der Waals surface area (Å²) in [5.74, 6) is -0.284. The molecule has 7 heteroatoms. The number of amides is 1. The van der Waals surface area contributed by atoms with Gasteiger partial charge in [0.1, 0.15) is 0 Å². The molecule has 0 saturated heterocycles. The first kappa shape index (κ1) is 21.2. The van der Waals surface area contributed by atoms with Crippen molar-refractivity contribution >= 4 is 11.7 Å². The van der Waals surface area contributed by atoms with Gasteiger partial charge in [-0.3, -0.25) is 9.59 Å². The van der Waals surface area contributed by atoms with E-state index in [1.807, 2.05) is 37.3 Å². The predicted octanol–water partition coefficient (Wildman–Crippen LogP) is 3.58. The number of ether oxygens (including phenoxy) is 1. The molecular weight excluding hydrogens is 380 g/mol. The van der Waals surface area contributed by atoms with Crippen LogP contribution in [0.3, 0.4) is 0 Å². The molecule has 0 bridgehead atoms. The summed E-state index contributed by atoms with van der Waals surface area (Å²) in [5.41, 5.74) is 1.85. The molecule has 30 heavy (non-hydrogen) atoms. The number of rotatable bonds is 9. The second-order valence-corrected chi connectivity index (χ2v) is 7.58. The minimum absolute atomic E-state index is 0.0464. The molecule has 3 rings (SSSR count). The Balaban J connectivity index is 1.57. The molecule has 2 aromatic heterocycles. The first-order valence-electron chi connectivity index (χ1n) is 9.96. The normalized spacial score (nSPS) is 11.9. The summed E-state index contributed by atoms with van der Waals surface area (Å²) in [6.07, 6.45) is 5.54. The van der Waals surface area contributed by atoms with Gasteiger partial charge in [-0.15, -0.1) is 0 Å². The smallest absolute Gasteiger partial charge is 0.292 e. The lowest BCUT2D eigenvalue weighted by atomic mass is 10.1. The average molecular weight is 406 g/mol. The molecule has 2 heterocycles. The lowest BCUT2D eigenvalue weighted by Crippen LogP contribution is -2.30. The van der Waals surface area contributed by atoms with Crippen molar-refractivity contribution in [2.45, 2.75) is 39.8 Å². The summed E-state index contributed by atoms with van der Waals surface area (Å²) in [4.78, 5) is 28.9. The van der Waals surface area contributed by atoms with E-state index < -0.39 is 11.7 Å². The van der Waals surface area contributed by atoms with Gasteiger partial charge >= 0.3 is 0 Å². The first-order valence-corrected chi connectivity index (χ1v) is 9.96. The molecule has 1 atom stereocenters. The molecule has 0 aliphatic rings. The molecule has 0 radical (unpaired) electrons. The molecule has 156 valence electrons. The number of pyridine rings is 1. The number of nitrogens with one attached hydrogen (secondary N) is 1. The van der Waals surface area contributed by atoms with Gasteiger partial charge in [-0.2, -0.15) is 5.10 Å². The van der Waals surface area contributed by atoms with E-state index in [9.17, 15) is 9.59 Å². The van der Waals surface area contributed by atoms with Crippen molar-refractivity contribution in [3.63, 3.8) is 0 Å². The Kier molecular flexibility index (Phi) is 6.95. The van der Waals surface area contributed by atoms with Crippen molar-refractivity contribution in [3.8, 4) is 11.6 Å². The summed E-state index contributed by atoms with van der Waals surface area (Å²) in [6.45, 7) is 6.49. The average Bonchev–Trinajstić information content (AvgIpc) is 3.22. The molecule has 0 fully saturated rings. The van der Waals surface area contributed by atoms with E-state index in [0.29, 0.717) is 11.8 Å². The van der Waals surface area contributed by atoms with Crippen molar-refractivity contribution in [3.05, 3.63) is 72.2 Å². The topological polar surface area (TPSA) is 86.1 Å². The Labute approximate surface area is 176 Å². The van der Waals surface area contributed by atoms with Gasteiger partial charge in [0.2, 0.25) is 5.88 Å². The molecule has 3 aromatic rings. The Morgan fingerprint density at radius 1 is 1.13 bits per heavy atom. The summed E-state index contributed by atoms with van der Waals surface area (Å²) < 4.78 is 7.39. The number of ketones is 1. The van der Waals surface area contributed by atoms with E-state index in [2.05, 4.69) is 29.2 Å². The molecule has 0 spiro atoms. The van der Waals surface area contributed by atoms with E-state index in [-0.39, 0.29) is 18.2 Å². The summed E-state index contributed by atoms with van der Waals surface area (Å²) in [6, 6.07) is 12.9. The Bertz CT molecular complexity index is 998. The quantitative estimate of drug-likeness (QED) is 0.434. The van der Waals surface area contributed by atoms with Gasteiger partial charge in [-0.05, 0) is 43.0 Å². The maximum Gasteiger partial charge on any atom is 0.292 e. The SMILES string of the molecule is CC(C)CC(C)Oc1cc(CNC(=O)C(=O)c2cnn(-c3ccccc3)c2)ccn1. The van der Waals surface area contributed by atoms with Gasteiger partial charge in [0, 0.05) is 25.0 Å². The number of aromatic nitrogens is 3. The number of hydrogen-bond donors (Lipinski definition) is 1. The predicted molar refractivity (Wildman–Crippen MR) is 114 cm³/mol. The number of carbonyl (C=O) groups is 2. The molecular formula is C23H26N4O3. The largest absolute Gasteiger partial charge is 0.475 e. The van der Waals surface area contributed by atoms with Gasteiger partial charge in [-0.1, -0.05) is 32.0 Å². The van der Waals surface area contributed by atoms with Crippen molar-refractivity contribution in [1.29, 1.82) is 0 Å². The van der Waals surface area contributed by atoms with Crippen LogP contribution in [-0.4, -0.2) is 32.6 Å². The molecule has 0 saturated carbocycles. The van der Waals surface area contributed by atoms with Gasteiger partial charge in [0.15, 0.2) is 0 Å². The maximum absolute atomic E-state index is 12.4. The number of nitrogens with zero attached hydrogens (tertiary/aromatic N) is 3. The van der Waals surface area contributed by atoms with Crippen molar-refractivity contribution in [2.24, 2.45) is 5.92 Å². The van der Waals surface area contributed by atoms with Crippen LogP contribution in [0.25, 0.3) is 5.69 Å². The molecule has 0 aliphatic carbocycles. The highest BCUT2D eigenvalue weighted by molar-refractivity contribution is 6.42. The zero-order valence-electron chi connectivity index (χ0n) is 17.4. The van der Waals surface area contributed by atoms with Crippen LogP contribution in [0.1, 0.15) is 43.1 Å². The van der Waals surface area contributed by atoms with Gasteiger partial charge in [0.05, 0.1) is 23.6 Å². The van der Waals surface area contributed by atoms with E-state index in [4.69, 9.17) is 4.74 Å². The zero-order chi connectivity index (χ0) is 21.5. The standard InChI is InChI=1S/C23H26N4O3/c1-16(2)11-17(3)30-21-12-18(9-10-24-21)13-25-23(29)22(28)19-14-26-27(15-19)20-7-5-4-6-8-20/h4-10,12,14-17H,11,13H2,1-3H3,(H,25,29). The zero-order valence-corrected chi connectivity index (χ0v) is 17.4. The third-order valence-corrected chi connectivity index (χ3v) is 4.45. The third-order valence-electron chi connectivity index (χ3n) is 4.45. The van der Waals surface area contributed by atoms with Crippen LogP contribution in [0.5, 0.6) is 5.88 Å². The number of hydrogen-bond acceptors (Lipinski definition) is 5. The lowest BCUT2D eigenvalue weighted by molar-refractivity contribution is -0.117. The molecule has 1 amide bonds. The summed E-state index contributed by atoms with van der Waals surface area (Å²) >= 11 is 0. The van der Waals surface area contributed by atoms with Crippen molar-refractivity contribution in [1.82, 2.24) is 20.1 Å². The van der Waals surface area contributed by atoms with E-state index in [1.165, 1.54) is 6.20 Å². The molecule has 1 N–H and O–H groups in total. The van der Waals surface area contributed by atoms with E-state index in [1.54, 1.807) is 29.2 Å². The fourth-order valence-electron chi connectivity index (χ4n) is 3.10. The second kappa shape index (κ2) is 9.82. The molecule has 7 nitrogen and oxygen atoms in total. The van der Waals surface area contributed by atoms with Crippen LogP contribution in [-0.2, 0) is 11.3 Å². The van der Waals surface area contributed by atoms with Gasteiger partial charge < -0.3 is 10.1 Å². The second-order valence-electron chi connectivity index (χ2n) is 7.58. The molecule has 1 aromatic carbocycles. The Morgan fingerprint density at radius 2 is 1.90 bits per heavy atom.